The van der Waals surface area contributed by atoms with Crippen molar-refractivity contribution in [2.24, 2.45) is 5.92 Å². The van der Waals surface area contributed by atoms with Gasteiger partial charge in [0.05, 0.1) is 10.8 Å². The highest BCUT2D eigenvalue weighted by Crippen LogP contribution is 2.26. The van der Waals surface area contributed by atoms with Crippen molar-refractivity contribution in [2.75, 3.05) is 19.6 Å². The maximum Gasteiger partial charge on any atom is 0.243 e. The summed E-state index contributed by atoms with van der Waals surface area (Å²) in [4.78, 5) is 12.6. The zero-order valence-electron chi connectivity index (χ0n) is 15.1. The molecule has 0 aromatic heterocycles. The van der Waals surface area contributed by atoms with E-state index in [4.69, 9.17) is 0 Å². The number of nitrogens with one attached hydrogen (secondary N) is 1. The Balaban J connectivity index is 1.76. The van der Waals surface area contributed by atoms with Gasteiger partial charge in [0.1, 0.15) is 0 Å². The monoisotopic (exact) mass is 374 g/mol. The fourth-order valence-electron chi connectivity index (χ4n) is 3.38. The van der Waals surface area contributed by atoms with Gasteiger partial charge >= 0.3 is 0 Å². The van der Waals surface area contributed by atoms with E-state index in [0.29, 0.717) is 24.4 Å². The molecule has 1 aliphatic rings. The largest absolute Gasteiger partial charge is 0.356 e. The van der Waals surface area contributed by atoms with Gasteiger partial charge in [-0.2, -0.15) is 4.31 Å². The molecule has 0 unspecified atom stereocenters. The van der Waals surface area contributed by atoms with E-state index in [-0.39, 0.29) is 18.4 Å². The Morgan fingerprint density at radius 2 is 1.96 bits per heavy atom. The summed E-state index contributed by atoms with van der Waals surface area (Å²) in [7, 11) is -3.59. The smallest absolute Gasteiger partial charge is 0.243 e. The van der Waals surface area contributed by atoms with Crippen molar-refractivity contribution in [2.45, 2.75) is 37.5 Å². The van der Waals surface area contributed by atoms with Gasteiger partial charge in [-0.05, 0) is 42.2 Å². The van der Waals surface area contributed by atoms with Crippen LogP contribution in [0.2, 0.25) is 0 Å². The molecule has 26 heavy (non-hydrogen) atoms. The van der Waals surface area contributed by atoms with Gasteiger partial charge in [0, 0.05) is 19.6 Å². The standard InChI is InChI=1S/C20H26N2O3S/c1-2-3-12-21-20(23)18-9-6-13-22(15-18)26(24,25)19-11-10-16-7-4-5-8-17(16)14-19/h4-5,7-8,10-11,14,18H,2-3,6,9,12-13,15H2,1H3,(H,21,23)/t18-/m1/s1. The molecule has 1 amide bonds. The second-order valence-electron chi connectivity index (χ2n) is 6.86. The van der Waals surface area contributed by atoms with Gasteiger partial charge in [-0.25, -0.2) is 8.42 Å². The molecule has 0 saturated carbocycles. The number of amides is 1. The van der Waals surface area contributed by atoms with E-state index in [2.05, 4.69) is 12.2 Å². The van der Waals surface area contributed by atoms with E-state index in [9.17, 15) is 13.2 Å². The van der Waals surface area contributed by atoms with Crippen LogP contribution < -0.4 is 5.32 Å². The zero-order chi connectivity index (χ0) is 18.6. The lowest BCUT2D eigenvalue weighted by molar-refractivity contribution is -0.126. The maximum absolute atomic E-state index is 13.1. The summed E-state index contributed by atoms with van der Waals surface area (Å²) >= 11 is 0. The number of fused-ring (bicyclic) bond motifs is 1. The predicted octanol–water partition coefficient (Wildman–Crippen LogP) is 3.16. The molecule has 1 heterocycles. The Morgan fingerprint density at radius 3 is 2.73 bits per heavy atom. The molecule has 1 aliphatic heterocycles. The molecule has 0 bridgehead atoms. The van der Waals surface area contributed by atoms with Crippen LogP contribution in [-0.4, -0.2) is 38.3 Å². The SMILES string of the molecule is CCCCNC(=O)[C@@H]1CCCN(S(=O)(=O)c2ccc3ccccc3c2)C1. The average Bonchev–Trinajstić information content (AvgIpc) is 2.67. The third-order valence-corrected chi connectivity index (χ3v) is 6.80. The van der Waals surface area contributed by atoms with Crippen LogP contribution in [0.1, 0.15) is 32.6 Å². The van der Waals surface area contributed by atoms with Gasteiger partial charge in [0.25, 0.3) is 0 Å². The summed E-state index contributed by atoms with van der Waals surface area (Å²) in [5, 5.41) is 4.84. The van der Waals surface area contributed by atoms with Crippen molar-refractivity contribution in [3.8, 4) is 0 Å². The van der Waals surface area contributed by atoms with E-state index in [0.717, 1.165) is 30.0 Å². The molecule has 1 N–H and O–H groups in total. The average molecular weight is 375 g/mol. The van der Waals surface area contributed by atoms with Crippen LogP contribution in [0, 0.1) is 5.92 Å². The number of carbonyl (C=O) groups is 1. The van der Waals surface area contributed by atoms with Crippen molar-refractivity contribution < 1.29 is 13.2 Å². The van der Waals surface area contributed by atoms with Gasteiger partial charge < -0.3 is 5.32 Å². The first-order valence-electron chi connectivity index (χ1n) is 9.29. The van der Waals surface area contributed by atoms with Crippen LogP contribution in [0.4, 0.5) is 0 Å². The van der Waals surface area contributed by atoms with E-state index < -0.39 is 10.0 Å². The summed E-state index contributed by atoms with van der Waals surface area (Å²) in [6.45, 7) is 3.45. The van der Waals surface area contributed by atoms with Gasteiger partial charge in [0.2, 0.25) is 15.9 Å². The summed E-state index contributed by atoms with van der Waals surface area (Å²) in [6, 6.07) is 12.9. The topological polar surface area (TPSA) is 66.5 Å². The Hall–Kier alpha value is -1.92. The molecular formula is C20H26N2O3S. The van der Waals surface area contributed by atoms with Crippen molar-refractivity contribution in [3.63, 3.8) is 0 Å². The Labute approximate surface area is 155 Å². The van der Waals surface area contributed by atoms with Crippen molar-refractivity contribution >= 4 is 26.7 Å². The van der Waals surface area contributed by atoms with Gasteiger partial charge in [-0.3, -0.25) is 4.79 Å². The maximum atomic E-state index is 13.1. The summed E-state index contributed by atoms with van der Waals surface area (Å²) in [6.07, 6.45) is 3.41. The Kier molecular flexibility index (Phi) is 5.94. The molecule has 5 nitrogen and oxygen atoms in total. The fraction of sp³-hybridized carbons (Fsp3) is 0.450. The Bertz CT molecular complexity index is 880. The lowest BCUT2D eigenvalue weighted by Crippen LogP contribution is -2.45. The minimum absolute atomic E-state index is 0.0307. The number of hydrogen-bond donors (Lipinski definition) is 1. The molecule has 6 heteroatoms. The number of unbranched alkanes of at least 4 members (excludes halogenated alkanes) is 1. The van der Waals surface area contributed by atoms with Crippen molar-refractivity contribution in [1.29, 1.82) is 0 Å². The van der Waals surface area contributed by atoms with Crippen LogP contribution in [0.5, 0.6) is 0 Å². The lowest BCUT2D eigenvalue weighted by atomic mass is 9.99. The van der Waals surface area contributed by atoms with Gasteiger partial charge in [0.15, 0.2) is 0 Å². The molecule has 0 aliphatic carbocycles. The Morgan fingerprint density at radius 1 is 1.19 bits per heavy atom. The molecule has 1 saturated heterocycles. The fourth-order valence-corrected chi connectivity index (χ4v) is 4.94. The van der Waals surface area contributed by atoms with Crippen LogP contribution >= 0.6 is 0 Å². The summed E-state index contributed by atoms with van der Waals surface area (Å²) < 4.78 is 27.6. The molecule has 2 aromatic carbocycles. The highest BCUT2D eigenvalue weighted by atomic mass is 32.2. The molecule has 0 radical (unpaired) electrons. The molecule has 1 atom stereocenters. The summed E-state index contributed by atoms with van der Waals surface area (Å²) in [5.41, 5.74) is 0. The number of nitrogens with zero attached hydrogens (tertiary/aromatic N) is 1. The third-order valence-electron chi connectivity index (χ3n) is 4.94. The first kappa shape index (κ1) is 18.9. The number of hydrogen-bond acceptors (Lipinski definition) is 3. The molecule has 3 rings (SSSR count). The van der Waals surface area contributed by atoms with Gasteiger partial charge in [-0.1, -0.05) is 43.7 Å². The number of benzene rings is 2. The highest BCUT2D eigenvalue weighted by Gasteiger charge is 2.33. The molecular weight excluding hydrogens is 348 g/mol. The number of piperidine rings is 1. The minimum Gasteiger partial charge on any atom is -0.356 e. The quantitative estimate of drug-likeness (QED) is 0.790. The van der Waals surface area contributed by atoms with E-state index in [1.54, 1.807) is 12.1 Å². The zero-order valence-corrected chi connectivity index (χ0v) is 16.0. The number of carbonyl (C=O) groups excluding carboxylic acids is 1. The normalized spacial score (nSPS) is 18.7. The van der Waals surface area contributed by atoms with Crippen molar-refractivity contribution in [3.05, 3.63) is 42.5 Å². The third kappa shape index (κ3) is 4.07. The second kappa shape index (κ2) is 8.18. The first-order valence-corrected chi connectivity index (χ1v) is 10.7. The van der Waals surface area contributed by atoms with E-state index in [1.807, 2.05) is 30.3 Å². The lowest BCUT2D eigenvalue weighted by Gasteiger charge is -2.31. The van der Waals surface area contributed by atoms with Crippen LogP contribution in [0.3, 0.4) is 0 Å². The van der Waals surface area contributed by atoms with Crippen molar-refractivity contribution in [1.82, 2.24) is 9.62 Å². The molecule has 1 fully saturated rings. The van der Waals surface area contributed by atoms with Crippen LogP contribution in [0.25, 0.3) is 10.8 Å². The number of sulfonamides is 1. The van der Waals surface area contributed by atoms with Crippen LogP contribution in [0.15, 0.2) is 47.4 Å². The predicted molar refractivity (Wildman–Crippen MR) is 103 cm³/mol. The van der Waals surface area contributed by atoms with E-state index >= 15 is 0 Å². The van der Waals surface area contributed by atoms with Crippen LogP contribution in [-0.2, 0) is 14.8 Å². The molecule has 140 valence electrons. The molecule has 2 aromatic rings. The molecule has 0 spiro atoms. The van der Waals surface area contributed by atoms with Gasteiger partial charge in [-0.15, -0.1) is 0 Å². The second-order valence-corrected chi connectivity index (χ2v) is 8.79. The number of rotatable bonds is 6. The van der Waals surface area contributed by atoms with E-state index in [1.165, 1.54) is 4.31 Å². The highest BCUT2D eigenvalue weighted by molar-refractivity contribution is 7.89. The minimum atomic E-state index is -3.59. The summed E-state index contributed by atoms with van der Waals surface area (Å²) in [5.74, 6) is -0.298. The first-order chi connectivity index (χ1) is 12.5.